The van der Waals surface area contributed by atoms with Crippen LogP contribution in [0, 0.1) is 0 Å². The molecule has 1 fully saturated rings. The van der Waals surface area contributed by atoms with Crippen molar-refractivity contribution in [3.63, 3.8) is 0 Å². The Bertz CT molecular complexity index is 799. The molecule has 1 unspecified atom stereocenters. The number of ether oxygens (including phenoxy) is 2. The summed E-state index contributed by atoms with van der Waals surface area (Å²) >= 11 is 7.37. The molecule has 2 aromatic rings. The van der Waals surface area contributed by atoms with E-state index in [1.54, 1.807) is 18.9 Å². The SMILES string of the molecule is CCOC(=O)[C@H]1CSC(c2ccc(OC)cc2)N1C(=S)NCc1ccccc1. The minimum Gasteiger partial charge on any atom is -0.497 e. The molecule has 7 heteroatoms. The molecule has 28 heavy (non-hydrogen) atoms. The zero-order valence-electron chi connectivity index (χ0n) is 16.0. The summed E-state index contributed by atoms with van der Waals surface area (Å²) in [5.74, 6) is 1.18. The molecule has 1 heterocycles. The molecule has 1 aliphatic heterocycles. The van der Waals surface area contributed by atoms with Crippen molar-refractivity contribution in [3.05, 3.63) is 65.7 Å². The van der Waals surface area contributed by atoms with Crippen molar-refractivity contribution >= 4 is 35.1 Å². The molecule has 0 radical (unpaired) electrons. The van der Waals surface area contributed by atoms with Crippen LogP contribution in [-0.2, 0) is 16.1 Å². The lowest BCUT2D eigenvalue weighted by Crippen LogP contribution is -2.48. The van der Waals surface area contributed by atoms with Gasteiger partial charge < -0.3 is 19.7 Å². The van der Waals surface area contributed by atoms with Crippen LogP contribution >= 0.6 is 24.0 Å². The largest absolute Gasteiger partial charge is 0.497 e. The molecule has 0 bridgehead atoms. The number of thioether (sulfide) groups is 1. The average molecular weight is 417 g/mol. The smallest absolute Gasteiger partial charge is 0.329 e. The average Bonchev–Trinajstić information content (AvgIpc) is 3.18. The summed E-state index contributed by atoms with van der Waals surface area (Å²) in [6.45, 7) is 2.77. The van der Waals surface area contributed by atoms with E-state index in [4.69, 9.17) is 21.7 Å². The number of hydrogen-bond donors (Lipinski definition) is 1. The van der Waals surface area contributed by atoms with Crippen molar-refractivity contribution in [3.8, 4) is 5.75 Å². The van der Waals surface area contributed by atoms with Gasteiger partial charge in [-0.1, -0.05) is 42.5 Å². The predicted molar refractivity (Wildman–Crippen MR) is 116 cm³/mol. The molecule has 1 saturated heterocycles. The number of carbonyl (C=O) groups is 1. The van der Waals surface area contributed by atoms with Crippen molar-refractivity contribution in [1.82, 2.24) is 10.2 Å². The summed E-state index contributed by atoms with van der Waals surface area (Å²) in [4.78, 5) is 14.5. The molecule has 0 aliphatic carbocycles. The third-order valence-electron chi connectivity index (χ3n) is 4.48. The van der Waals surface area contributed by atoms with Gasteiger partial charge in [-0.3, -0.25) is 0 Å². The van der Waals surface area contributed by atoms with Gasteiger partial charge in [0, 0.05) is 12.3 Å². The number of esters is 1. The van der Waals surface area contributed by atoms with E-state index >= 15 is 0 Å². The molecule has 2 atom stereocenters. The lowest BCUT2D eigenvalue weighted by Gasteiger charge is -2.31. The Kier molecular flexibility index (Phi) is 7.17. The van der Waals surface area contributed by atoms with Crippen LogP contribution in [0.3, 0.4) is 0 Å². The third kappa shape index (κ3) is 4.77. The molecule has 0 aromatic heterocycles. The lowest BCUT2D eigenvalue weighted by atomic mass is 10.1. The van der Waals surface area contributed by atoms with Crippen LogP contribution in [0.1, 0.15) is 23.4 Å². The fourth-order valence-corrected chi connectivity index (χ4v) is 4.86. The van der Waals surface area contributed by atoms with Crippen LogP contribution in [0.15, 0.2) is 54.6 Å². The van der Waals surface area contributed by atoms with E-state index in [1.165, 1.54) is 0 Å². The Balaban J connectivity index is 1.79. The minimum absolute atomic E-state index is 0.0592. The number of methoxy groups -OCH3 is 1. The van der Waals surface area contributed by atoms with Crippen LogP contribution in [0.25, 0.3) is 0 Å². The highest BCUT2D eigenvalue weighted by molar-refractivity contribution is 7.99. The van der Waals surface area contributed by atoms with Crippen LogP contribution in [0.5, 0.6) is 5.75 Å². The van der Waals surface area contributed by atoms with Gasteiger partial charge in [0.15, 0.2) is 5.11 Å². The maximum atomic E-state index is 12.5. The lowest BCUT2D eigenvalue weighted by molar-refractivity contribution is -0.147. The first-order valence-electron chi connectivity index (χ1n) is 9.16. The molecule has 1 N–H and O–H groups in total. The second kappa shape index (κ2) is 9.80. The molecule has 5 nitrogen and oxygen atoms in total. The Labute approximate surface area is 175 Å². The van der Waals surface area contributed by atoms with Gasteiger partial charge in [0.2, 0.25) is 0 Å². The minimum atomic E-state index is -0.409. The fourth-order valence-electron chi connectivity index (χ4n) is 3.06. The van der Waals surface area contributed by atoms with E-state index in [1.807, 2.05) is 66.4 Å². The van der Waals surface area contributed by atoms with Gasteiger partial charge in [0.1, 0.15) is 17.2 Å². The first-order valence-corrected chi connectivity index (χ1v) is 10.6. The van der Waals surface area contributed by atoms with Gasteiger partial charge >= 0.3 is 5.97 Å². The quantitative estimate of drug-likeness (QED) is 0.568. The van der Waals surface area contributed by atoms with Gasteiger partial charge in [-0.15, -0.1) is 11.8 Å². The van der Waals surface area contributed by atoms with E-state index < -0.39 is 6.04 Å². The number of thiocarbonyl (C=S) groups is 1. The van der Waals surface area contributed by atoms with Crippen molar-refractivity contribution in [2.75, 3.05) is 19.5 Å². The summed E-state index contributed by atoms with van der Waals surface area (Å²) in [5, 5.41) is 3.79. The highest BCUT2D eigenvalue weighted by atomic mass is 32.2. The number of nitrogens with zero attached hydrogens (tertiary/aromatic N) is 1. The van der Waals surface area contributed by atoms with Gasteiger partial charge in [0.05, 0.1) is 13.7 Å². The topological polar surface area (TPSA) is 50.8 Å². The normalized spacial score (nSPS) is 18.6. The molecular formula is C21H24N2O3S2. The van der Waals surface area contributed by atoms with Gasteiger partial charge in [-0.2, -0.15) is 0 Å². The number of rotatable bonds is 6. The highest BCUT2D eigenvalue weighted by Crippen LogP contribution is 2.42. The van der Waals surface area contributed by atoms with E-state index in [0.717, 1.165) is 16.9 Å². The molecule has 148 valence electrons. The van der Waals surface area contributed by atoms with Crippen LogP contribution < -0.4 is 10.1 Å². The summed E-state index contributed by atoms with van der Waals surface area (Å²) in [6, 6.07) is 17.5. The third-order valence-corrected chi connectivity index (χ3v) is 6.16. The predicted octanol–water partition coefficient (Wildman–Crippen LogP) is 3.75. The van der Waals surface area contributed by atoms with Crippen LogP contribution in [0.2, 0.25) is 0 Å². The first kappa shape index (κ1) is 20.5. The second-order valence-electron chi connectivity index (χ2n) is 6.28. The van der Waals surface area contributed by atoms with Crippen molar-refractivity contribution in [2.45, 2.75) is 24.9 Å². The van der Waals surface area contributed by atoms with Crippen molar-refractivity contribution in [2.24, 2.45) is 0 Å². The number of hydrogen-bond acceptors (Lipinski definition) is 5. The second-order valence-corrected chi connectivity index (χ2v) is 7.78. The van der Waals surface area contributed by atoms with Gasteiger partial charge in [-0.05, 0) is 42.4 Å². The van der Waals surface area contributed by atoms with E-state index in [-0.39, 0.29) is 11.3 Å². The number of nitrogens with one attached hydrogen (secondary N) is 1. The van der Waals surface area contributed by atoms with Gasteiger partial charge in [-0.25, -0.2) is 4.79 Å². The highest BCUT2D eigenvalue weighted by Gasteiger charge is 2.41. The molecule has 2 aromatic carbocycles. The zero-order chi connectivity index (χ0) is 19.9. The maximum absolute atomic E-state index is 12.5. The van der Waals surface area contributed by atoms with E-state index in [0.29, 0.717) is 24.0 Å². The Hall–Kier alpha value is -2.25. The number of carbonyl (C=O) groups excluding carboxylic acids is 1. The van der Waals surface area contributed by atoms with Crippen LogP contribution in [-0.4, -0.2) is 41.5 Å². The zero-order valence-corrected chi connectivity index (χ0v) is 17.6. The van der Waals surface area contributed by atoms with E-state index in [9.17, 15) is 4.79 Å². The number of benzene rings is 2. The first-order chi connectivity index (χ1) is 13.6. The summed E-state index contributed by atoms with van der Waals surface area (Å²) in [5.41, 5.74) is 2.20. The van der Waals surface area contributed by atoms with Crippen LogP contribution in [0.4, 0.5) is 0 Å². The Morgan fingerprint density at radius 2 is 1.93 bits per heavy atom. The molecular weight excluding hydrogens is 392 g/mol. The van der Waals surface area contributed by atoms with E-state index in [2.05, 4.69) is 5.32 Å². The molecule has 1 aliphatic rings. The summed E-state index contributed by atoms with van der Waals surface area (Å²) < 4.78 is 10.5. The molecule has 0 spiro atoms. The monoisotopic (exact) mass is 416 g/mol. The molecule has 0 amide bonds. The summed E-state index contributed by atoms with van der Waals surface area (Å²) in [6.07, 6.45) is 0. The van der Waals surface area contributed by atoms with Crippen molar-refractivity contribution < 1.29 is 14.3 Å². The van der Waals surface area contributed by atoms with Gasteiger partial charge in [0.25, 0.3) is 0 Å². The Morgan fingerprint density at radius 1 is 1.21 bits per heavy atom. The Morgan fingerprint density at radius 3 is 2.57 bits per heavy atom. The van der Waals surface area contributed by atoms with Crippen molar-refractivity contribution in [1.29, 1.82) is 0 Å². The summed E-state index contributed by atoms with van der Waals surface area (Å²) in [7, 11) is 1.64. The molecule has 0 saturated carbocycles. The fraction of sp³-hybridized carbons (Fsp3) is 0.333. The standard InChI is InChI=1S/C21H24N2O3S2/c1-3-26-20(24)18-14-28-19(16-9-11-17(25-2)12-10-16)23(18)21(27)22-13-15-7-5-4-6-8-15/h4-12,18-19H,3,13-14H2,1-2H3,(H,22,27)/t18-,19?/m1/s1. The maximum Gasteiger partial charge on any atom is 0.329 e. The molecule has 3 rings (SSSR count).